The van der Waals surface area contributed by atoms with E-state index in [0.717, 1.165) is 44.1 Å². The summed E-state index contributed by atoms with van der Waals surface area (Å²) in [6.45, 7) is 4.69. The maximum atomic E-state index is 12.1. The number of aliphatic hydroxyl groups excluding tert-OH is 2. The third-order valence-corrected chi connectivity index (χ3v) is 10.0. The molecule has 5 nitrogen and oxygen atoms in total. The lowest BCUT2D eigenvalue weighted by Gasteiger charge is -2.64. The molecular formula is C23H34O5. The van der Waals surface area contributed by atoms with E-state index in [1.165, 1.54) is 0 Å². The van der Waals surface area contributed by atoms with Crippen LogP contribution in [0, 0.1) is 34.5 Å². The summed E-state index contributed by atoms with van der Waals surface area (Å²) in [6, 6.07) is 0. The van der Waals surface area contributed by atoms with Crippen LogP contribution in [0.1, 0.15) is 65.2 Å². The molecule has 156 valence electrons. The van der Waals surface area contributed by atoms with E-state index in [2.05, 4.69) is 6.92 Å². The van der Waals surface area contributed by atoms with Gasteiger partial charge in [-0.25, -0.2) is 4.79 Å². The maximum absolute atomic E-state index is 12.1. The summed E-state index contributed by atoms with van der Waals surface area (Å²) in [5, 5.41) is 33.7. The van der Waals surface area contributed by atoms with Crippen molar-refractivity contribution < 1.29 is 24.9 Å². The van der Waals surface area contributed by atoms with Crippen molar-refractivity contribution in [3.8, 4) is 0 Å². The van der Waals surface area contributed by atoms with E-state index in [1.54, 1.807) is 6.08 Å². The number of esters is 1. The standard InChI is InChI=1S/C23H34O5/c1-21-7-5-15(24)10-14(21)3-4-17-18(21)11-19(25)22(2)16(6-8-23(17,22)27)13-9-20(26)28-12-13/h9,14-19,24-25,27H,3-8,10-12H2,1-2H3/t14-,15+,16-,17-,18+,19+,21+,22+,23-/m1/s1. The summed E-state index contributed by atoms with van der Waals surface area (Å²) >= 11 is 0. The predicted octanol–water partition coefficient (Wildman–Crippen LogP) is 2.58. The lowest BCUT2D eigenvalue weighted by molar-refractivity contribution is -0.244. The number of carbonyl (C=O) groups is 1. The van der Waals surface area contributed by atoms with Gasteiger partial charge in [0.15, 0.2) is 0 Å². The smallest absolute Gasteiger partial charge is 0.331 e. The number of aliphatic hydroxyl groups is 3. The molecule has 5 aliphatic rings. The van der Waals surface area contributed by atoms with Gasteiger partial charge in [-0.2, -0.15) is 0 Å². The van der Waals surface area contributed by atoms with Crippen molar-refractivity contribution in [2.24, 2.45) is 34.5 Å². The fourth-order valence-corrected chi connectivity index (χ4v) is 8.37. The fourth-order valence-electron chi connectivity index (χ4n) is 8.37. The Labute approximate surface area is 167 Å². The van der Waals surface area contributed by atoms with Crippen LogP contribution in [-0.4, -0.2) is 45.7 Å². The molecule has 0 aromatic heterocycles. The van der Waals surface area contributed by atoms with Gasteiger partial charge < -0.3 is 20.1 Å². The minimum absolute atomic E-state index is 0.00129. The molecular weight excluding hydrogens is 356 g/mol. The zero-order chi connectivity index (χ0) is 19.9. The number of ether oxygens (including phenoxy) is 1. The van der Waals surface area contributed by atoms with E-state index in [-0.39, 0.29) is 29.3 Å². The Bertz CT molecular complexity index is 718. The first-order valence-corrected chi connectivity index (χ1v) is 11.2. The normalized spacial score (nSPS) is 55.8. The van der Waals surface area contributed by atoms with Crippen LogP contribution >= 0.6 is 0 Å². The predicted molar refractivity (Wildman–Crippen MR) is 103 cm³/mol. The average Bonchev–Trinajstić information content (AvgIpc) is 3.19. The highest BCUT2D eigenvalue weighted by Crippen LogP contribution is 2.69. The van der Waals surface area contributed by atoms with E-state index in [9.17, 15) is 20.1 Å². The lowest BCUT2D eigenvalue weighted by Crippen LogP contribution is -2.67. The van der Waals surface area contributed by atoms with Crippen LogP contribution < -0.4 is 0 Å². The highest BCUT2D eigenvalue weighted by atomic mass is 16.5. The molecule has 0 unspecified atom stereocenters. The van der Waals surface area contributed by atoms with Crippen molar-refractivity contribution in [3.05, 3.63) is 11.6 Å². The molecule has 1 heterocycles. The van der Waals surface area contributed by atoms with Gasteiger partial charge in [0.05, 0.1) is 17.8 Å². The summed E-state index contributed by atoms with van der Waals surface area (Å²) in [5.41, 5.74) is -0.507. The van der Waals surface area contributed by atoms with Crippen molar-refractivity contribution >= 4 is 5.97 Å². The monoisotopic (exact) mass is 390 g/mol. The van der Waals surface area contributed by atoms with Crippen LogP contribution in [0.3, 0.4) is 0 Å². The molecule has 0 radical (unpaired) electrons. The molecule has 4 aliphatic carbocycles. The molecule has 0 spiro atoms. The van der Waals surface area contributed by atoms with Crippen LogP contribution in [-0.2, 0) is 9.53 Å². The number of cyclic esters (lactones) is 1. The number of hydrogen-bond acceptors (Lipinski definition) is 5. The molecule has 0 aromatic rings. The molecule has 4 saturated carbocycles. The van der Waals surface area contributed by atoms with E-state index in [0.29, 0.717) is 31.3 Å². The van der Waals surface area contributed by atoms with Gasteiger partial charge in [0, 0.05) is 11.5 Å². The molecule has 3 N–H and O–H groups in total. The average molecular weight is 391 g/mol. The zero-order valence-electron chi connectivity index (χ0n) is 17.1. The minimum Gasteiger partial charge on any atom is -0.458 e. The fraction of sp³-hybridized carbons (Fsp3) is 0.870. The van der Waals surface area contributed by atoms with E-state index in [1.807, 2.05) is 6.92 Å². The van der Waals surface area contributed by atoms with Crippen molar-refractivity contribution in [1.29, 1.82) is 0 Å². The van der Waals surface area contributed by atoms with Gasteiger partial charge in [0.2, 0.25) is 0 Å². The first-order chi connectivity index (χ1) is 13.2. The third kappa shape index (κ3) is 2.27. The summed E-state index contributed by atoms with van der Waals surface area (Å²) in [4.78, 5) is 11.6. The molecule has 0 amide bonds. The van der Waals surface area contributed by atoms with Crippen molar-refractivity contribution in [2.75, 3.05) is 6.61 Å². The minimum atomic E-state index is -0.906. The van der Waals surface area contributed by atoms with Gasteiger partial charge in [-0.1, -0.05) is 13.8 Å². The number of hydrogen-bond donors (Lipinski definition) is 3. The second kappa shape index (κ2) is 6.05. The second-order valence-electron chi connectivity index (χ2n) is 10.8. The van der Waals surface area contributed by atoms with Crippen molar-refractivity contribution in [1.82, 2.24) is 0 Å². The van der Waals surface area contributed by atoms with Gasteiger partial charge >= 0.3 is 5.97 Å². The van der Waals surface area contributed by atoms with Crippen LogP contribution in [0.4, 0.5) is 0 Å². The van der Waals surface area contributed by atoms with Crippen LogP contribution in [0.5, 0.6) is 0 Å². The van der Waals surface area contributed by atoms with Crippen molar-refractivity contribution in [2.45, 2.75) is 83.0 Å². The van der Waals surface area contributed by atoms with Gasteiger partial charge in [-0.3, -0.25) is 0 Å². The van der Waals surface area contributed by atoms with Crippen LogP contribution in [0.15, 0.2) is 11.6 Å². The van der Waals surface area contributed by atoms with Crippen molar-refractivity contribution in [3.63, 3.8) is 0 Å². The number of carbonyl (C=O) groups excluding carboxylic acids is 1. The molecule has 4 fully saturated rings. The molecule has 9 atom stereocenters. The zero-order valence-corrected chi connectivity index (χ0v) is 17.1. The highest BCUT2D eigenvalue weighted by Gasteiger charge is 2.70. The Morgan fingerprint density at radius 1 is 1.04 bits per heavy atom. The Hall–Kier alpha value is -0.910. The Balaban J connectivity index is 1.51. The third-order valence-electron chi connectivity index (χ3n) is 10.0. The Morgan fingerprint density at radius 3 is 2.54 bits per heavy atom. The summed E-state index contributed by atoms with van der Waals surface area (Å²) < 4.78 is 5.16. The Kier molecular flexibility index (Phi) is 4.12. The topological polar surface area (TPSA) is 87.0 Å². The lowest BCUT2D eigenvalue weighted by atomic mass is 9.42. The summed E-state index contributed by atoms with van der Waals surface area (Å²) in [5.74, 6) is 0.657. The van der Waals surface area contributed by atoms with Gasteiger partial charge in [0.1, 0.15) is 6.61 Å². The van der Waals surface area contributed by atoms with E-state index in [4.69, 9.17) is 4.74 Å². The number of rotatable bonds is 1. The highest BCUT2D eigenvalue weighted by molar-refractivity contribution is 5.85. The van der Waals surface area contributed by atoms with E-state index >= 15 is 0 Å². The summed E-state index contributed by atoms with van der Waals surface area (Å²) in [6.07, 6.45) is 7.69. The molecule has 28 heavy (non-hydrogen) atoms. The first-order valence-electron chi connectivity index (χ1n) is 11.2. The molecule has 0 aromatic carbocycles. The van der Waals surface area contributed by atoms with Gasteiger partial charge in [0.25, 0.3) is 0 Å². The van der Waals surface area contributed by atoms with Crippen LogP contribution in [0.25, 0.3) is 0 Å². The first kappa shape index (κ1) is 19.1. The molecule has 0 saturated heterocycles. The maximum Gasteiger partial charge on any atom is 0.331 e. The molecule has 0 bridgehead atoms. The Morgan fingerprint density at radius 2 is 1.82 bits per heavy atom. The van der Waals surface area contributed by atoms with Gasteiger partial charge in [-0.15, -0.1) is 0 Å². The number of fused-ring (bicyclic) bond motifs is 5. The summed E-state index contributed by atoms with van der Waals surface area (Å²) in [7, 11) is 0. The SMILES string of the molecule is C[C@]12CC[C@H](O)C[C@H]1CC[C@@H]1[C@@H]2C[C@H](O)[C@]2(C)[C@@H](C3=CC(=O)OC3)CC[C@@]12O. The van der Waals surface area contributed by atoms with E-state index < -0.39 is 17.1 Å². The molecule has 5 rings (SSSR count). The van der Waals surface area contributed by atoms with Gasteiger partial charge in [-0.05, 0) is 86.0 Å². The largest absolute Gasteiger partial charge is 0.458 e. The molecule has 5 heteroatoms. The second-order valence-corrected chi connectivity index (χ2v) is 10.8. The quantitative estimate of drug-likeness (QED) is 0.599. The molecule has 1 aliphatic heterocycles. The van der Waals surface area contributed by atoms with Crippen LogP contribution in [0.2, 0.25) is 0 Å².